The van der Waals surface area contributed by atoms with Crippen LogP contribution in [-0.4, -0.2) is 19.9 Å². The molecule has 7 aromatic rings. The van der Waals surface area contributed by atoms with Crippen molar-refractivity contribution >= 4 is 57.5 Å². The molecule has 4 aromatic carbocycles. The lowest BCUT2D eigenvalue weighted by Crippen LogP contribution is -2.16. The molecule has 0 atom stereocenters. The summed E-state index contributed by atoms with van der Waals surface area (Å²) in [5, 5.41) is 0. The molecule has 3 aromatic heterocycles. The largest absolute Gasteiger partial charge is 0.355 e. The first-order valence-corrected chi connectivity index (χ1v) is 23.6. The van der Waals surface area contributed by atoms with Gasteiger partial charge in [-0.15, -0.1) is 0 Å². The number of nitrogens with one attached hydrogen (secondary N) is 2. The highest BCUT2D eigenvalue weighted by atomic mass is 14.8. The zero-order chi connectivity index (χ0) is 46.5. The maximum absolute atomic E-state index is 5.73. The molecular formula is C62H62N4. The minimum Gasteiger partial charge on any atom is -0.355 e. The molecule has 3 aliphatic rings. The van der Waals surface area contributed by atoms with Crippen molar-refractivity contribution < 1.29 is 0 Å². The number of rotatable bonds is 4. The van der Waals surface area contributed by atoms with Crippen LogP contribution in [0.2, 0.25) is 0 Å². The van der Waals surface area contributed by atoms with Gasteiger partial charge in [0, 0.05) is 44.4 Å². The highest BCUT2D eigenvalue weighted by molar-refractivity contribution is 6.18. The first kappa shape index (κ1) is 43.1. The van der Waals surface area contributed by atoms with E-state index < -0.39 is 0 Å². The van der Waals surface area contributed by atoms with Crippen LogP contribution in [0.3, 0.4) is 0 Å². The van der Waals surface area contributed by atoms with E-state index in [1.165, 1.54) is 33.4 Å². The van der Waals surface area contributed by atoms with Crippen LogP contribution in [0.15, 0.2) is 121 Å². The number of fused-ring (bicyclic) bond motifs is 8. The predicted molar refractivity (Wildman–Crippen MR) is 282 cm³/mol. The second-order valence-corrected chi connectivity index (χ2v) is 22.6. The summed E-state index contributed by atoms with van der Waals surface area (Å²) < 4.78 is 0. The fourth-order valence-corrected chi connectivity index (χ4v) is 9.62. The molecule has 2 N–H and O–H groups in total. The molecule has 8 bridgehead atoms. The van der Waals surface area contributed by atoms with Crippen molar-refractivity contribution in [1.82, 2.24) is 19.9 Å². The van der Waals surface area contributed by atoms with Crippen molar-refractivity contribution in [3.05, 3.63) is 189 Å². The maximum Gasteiger partial charge on any atom is 0.0737 e. The maximum atomic E-state index is 5.73. The summed E-state index contributed by atoms with van der Waals surface area (Å²) in [4.78, 5) is 19.1. The van der Waals surface area contributed by atoms with E-state index in [0.29, 0.717) is 0 Å². The van der Waals surface area contributed by atoms with Crippen molar-refractivity contribution in [1.29, 1.82) is 0 Å². The third-order valence-electron chi connectivity index (χ3n) is 13.5. The molecule has 10 rings (SSSR count). The first-order chi connectivity index (χ1) is 31.2. The Morgan fingerprint density at radius 2 is 0.818 bits per heavy atom. The van der Waals surface area contributed by atoms with E-state index in [1.54, 1.807) is 0 Å². The molecule has 4 nitrogen and oxygen atoms in total. The molecule has 0 saturated heterocycles. The number of aromatic nitrogens is 4. The van der Waals surface area contributed by atoms with Crippen LogP contribution < -0.4 is 0 Å². The molecule has 2 aliphatic heterocycles. The quantitative estimate of drug-likeness (QED) is 0.185. The van der Waals surface area contributed by atoms with Gasteiger partial charge in [-0.05, 0) is 120 Å². The van der Waals surface area contributed by atoms with Crippen molar-refractivity contribution in [3.63, 3.8) is 0 Å². The standard InChI is InChI=1S/C62H62N4/c1-59(2,3)41-29-39(30-42(33-41)60(4,5)6)54-48-25-23-45(63-48)35-46-24-26-49(64-46)55(40-31-43(61(7,8)9)34-44(32-40)62(10,11)12)52-36-47-53(37-19-15-13-16-20-37)56(38-21-17-14-18-22-38)57(58(47)66-52)51-28-27-50(54)65-51/h13-36,63,66H,1-12H3. The van der Waals surface area contributed by atoms with Crippen LogP contribution in [0.4, 0.5) is 0 Å². The smallest absolute Gasteiger partial charge is 0.0737 e. The van der Waals surface area contributed by atoms with Gasteiger partial charge in [-0.25, -0.2) is 9.97 Å². The highest BCUT2D eigenvalue weighted by Crippen LogP contribution is 2.49. The molecule has 0 fully saturated rings. The summed E-state index contributed by atoms with van der Waals surface area (Å²) in [6.45, 7) is 27.7. The van der Waals surface area contributed by atoms with E-state index in [1.807, 2.05) is 0 Å². The topological polar surface area (TPSA) is 57.4 Å². The first-order valence-electron chi connectivity index (χ1n) is 23.6. The number of hydrogen-bond acceptors (Lipinski definition) is 2. The highest BCUT2D eigenvalue weighted by Gasteiger charge is 2.31. The lowest BCUT2D eigenvalue weighted by molar-refractivity contribution is 0.568. The Balaban J connectivity index is 1.40. The van der Waals surface area contributed by atoms with Gasteiger partial charge in [0.1, 0.15) is 0 Å². The van der Waals surface area contributed by atoms with E-state index in [9.17, 15) is 0 Å². The second kappa shape index (κ2) is 15.4. The second-order valence-electron chi connectivity index (χ2n) is 22.6. The summed E-state index contributed by atoms with van der Waals surface area (Å²) in [6, 6.07) is 45.0. The minimum absolute atomic E-state index is 0.0573. The fourth-order valence-electron chi connectivity index (χ4n) is 9.62. The zero-order valence-corrected chi connectivity index (χ0v) is 40.8. The van der Waals surface area contributed by atoms with Crippen molar-refractivity contribution in [2.24, 2.45) is 0 Å². The SMILES string of the molecule is CC(C)(C)c1cc(-c2c3nc(c4c5[nH]c(cc5C(c5ccccc5)=C4c4ccccc4)c(-c4cc(C(C)(C)C)cc(C(C)(C)C)c4)c4nc(cc5ccc2[nH]5)C=C4)C=C3)cc(C(C)(C)C)c1. The van der Waals surface area contributed by atoms with Gasteiger partial charge < -0.3 is 9.97 Å². The van der Waals surface area contributed by atoms with E-state index >= 15 is 0 Å². The van der Waals surface area contributed by atoms with E-state index in [0.717, 1.165) is 89.4 Å². The van der Waals surface area contributed by atoms with Crippen LogP contribution >= 0.6 is 0 Å². The molecule has 330 valence electrons. The Labute approximate surface area is 391 Å². The predicted octanol–water partition coefficient (Wildman–Crippen LogP) is 16.5. The summed E-state index contributed by atoms with van der Waals surface area (Å²) in [6.07, 6.45) is 8.80. The Morgan fingerprint density at radius 3 is 1.33 bits per heavy atom. The van der Waals surface area contributed by atoms with Gasteiger partial charge in [-0.2, -0.15) is 0 Å². The summed E-state index contributed by atoms with van der Waals surface area (Å²) in [7, 11) is 0. The minimum atomic E-state index is -0.0652. The molecule has 0 amide bonds. The van der Waals surface area contributed by atoms with Gasteiger partial charge in [0.25, 0.3) is 0 Å². The van der Waals surface area contributed by atoms with Gasteiger partial charge in [0.15, 0.2) is 0 Å². The molecule has 0 unspecified atom stereocenters. The Kier molecular flexibility index (Phi) is 10.1. The number of H-pyrrole nitrogens is 2. The third-order valence-corrected chi connectivity index (χ3v) is 13.5. The third kappa shape index (κ3) is 7.81. The van der Waals surface area contributed by atoms with Crippen LogP contribution in [0.1, 0.15) is 150 Å². The van der Waals surface area contributed by atoms with Crippen molar-refractivity contribution in [3.8, 4) is 22.3 Å². The lowest BCUT2D eigenvalue weighted by atomic mass is 9.78. The average molecular weight is 863 g/mol. The van der Waals surface area contributed by atoms with E-state index in [4.69, 9.17) is 9.97 Å². The molecule has 0 spiro atoms. The van der Waals surface area contributed by atoms with Crippen LogP contribution in [-0.2, 0) is 21.7 Å². The van der Waals surface area contributed by atoms with Gasteiger partial charge >= 0.3 is 0 Å². The van der Waals surface area contributed by atoms with Gasteiger partial charge in [-0.1, -0.05) is 180 Å². The fraction of sp³-hybridized carbons (Fsp3) is 0.258. The van der Waals surface area contributed by atoms with Crippen molar-refractivity contribution in [2.75, 3.05) is 0 Å². The summed E-state index contributed by atoms with van der Waals surface area (Å²) in [5.74, 6) is 0. The Hall–Kier alpha value is -6.78. The van der Waals surface area contributed by atoms with Crippen LogP contribution in [0, 0.1) is 0 Å². The van der Waals surface area contributed by atoms with Gasteiger partial charge in [-0.3, -0.25) is 0 Å². The Morgan fingerprint density at radius 1 is 0.364 bits per heavy atom. The van der Waals surface area contributed by atoms with Gasteiger partial charge in [0.05, 0.1) is 28.3 Å². The summed E-state index contributed by atoms with van der Waals surface area (Å²) in [5.41, 5.74) is 24.1. The molecule has 5 heterocycles. The molecule has 1 aliphatic carbocycles. The van der Waals surface area contributed by atoms with Crippen LogP contribution in [0.5, 0.6) is 0 Å². The normalized spacial score (nSPS) is 13.9. The number of nitrogens with zero attached hydrogens (tertiary/aromatic N) is 2. The molecule has 0 saturated carbocycles. The number of benzene rings is 4. The van der Waals surface area contributed by atoms with Crippen LogP contribution in [0.25, 0.3) is 79.8 Å². The lowest BCUT2D eigenvalue weighted by Gasteiger charge is -2.26. The molecule has 0 radical (unpaired) electrons. The molecule has 4 heteroatoms. The summed E-state index contributed by atoms with van der Waals surface area (Å²) >= 11 is 0. The monoisotopic (exact) mass is 862 g/mol. The zero-order valence-electron chi connectivity index (χ0n) is 40.8. The molecule has 66 heavy (non-hydrogen) atoms. The van der Waals surface area contributed by atoms with E-state index in [-0.39, 0.29) is 21.7 Å². The number of hydrogen-bond donors (Lipinski definition) is 2. The molecular weight excluding hydrogens is 801 g/mol. The van der Waals surface area contributed by atoms with E-state index in [2.05, 4.69) is 239 Å². The van der Waals surface area contributed by atoms with Gasteiger partial charge in [0.2, 0.25) is 0 Å². The Bertz CT molecular complexity index is 3290. The average Bonchev–Trinajstić information content (AvgIpc) is 4.11. The number of aromatic amines is 2. The van der Waals surface area contributed by atoms with Crippen molar-refractivity contribution in [2.45, 2.75) is 105 Å².